The third kappa shape index (κ3) is 6.43. The number of benzene rings is 3. The van der Waals surface area contributed by atoms with E-state index in [1.807, 2.05) is 0 Å². The van der Waals surface area contributed by atoms with Crippen molar-refractivity contribution in [1.82, 2.24) is 4.90 Å². The van der Waals surface area contributed by atoms with Gasteiger partial charge in [-0.25, -0.2) is 9.18 Å². The summed E-state index contributed by atoms with van der Waals surface area (Å²) >= 11 is 0. The second-order valence-corrected chi connectivity index (χ2v) is 10.5. The van der Waals surface area contributed by atoms with Crippen molar-refractivity contribution in [2.24, 2.45) is 0 Å². The number of carbonyl (C=O) groups excluding carboxylic acids is 1. The summed E-state index contributed by atoms with van der Waals surface area (Å²) in [4.78, 5) is 13.8. The lowest BCUT2D eigenvalue weighted by Crippen LogP contribution is -2.32. The Morgan fingerprint density at radius 1 is 0.886 bits per heavy atom. The van der Waals surface area contributed by atoms with Gasteiger partial charge >= 0.3 is 24.6 Å². The van der Waals surface area contributed by atoms with E-state index in [-0.39, 0.29) is 28.3 Å². The molecule has 1 saturated heterocycles. The average molecular weight is 641 g/mol. The number of cyclic esters (lactones) is 1. The van der Waals surface area contributed by atoms with E-state index in [9.17, 15) is 44.3 Å². The van der Waals surface area contributed by atoms with Crippen LogP contribution in [0.15, 0.2) is 48.5 Å². The van der Waals surface area contributed by atoms with Gasteiger partial charge in [0.1, 0.15) is 17.7 Å². The van der Waals surface area contributed by atoms with Gasteiger partial charge in [0.15, 0.2) is 0 Å². The van der Waals surface area contributed by atoms with Crippen LogP contribution in [0.25, 0.3) is 11.1 Å². The average Bonchev–Trinajstić information content (AvgIpc) is 3.19. The lowest BCUT2D eigenvalue weighted by molar-refractivity contribution is -0.143. The zero-order chi connectivity index (χ0) is 35.4. The van der Waals surface area contributed by atoms with Crippen LogP contribution >= 0.6 is 0 Å². The molecule has 1 aliphatic heterocycles. The second-order valence-electron chi connectivity index (χ2n) is 10.5. The molecule has 14 heteroatoms. The van der Waals surface area contributed by atoms with Gasteiger partial charge in [0, 0.05) is 11.1 Å². The second kappa shape index (κ2) is 11.5. The summed E-state index contributed by atoms with van der Waals surface area (Å²) in [7, 11) is -3.08. The van der Waals surface area contributed by atoms with Crippen LogP contribution in [0.1, 0.15) is 70.3 Å². The number of nitrogens with zero attached hydrogens (tertiary/aromatic N) is 1. The van der Waals surface area contributed by atoms with Gasteiger partial charge in [-0.2, -0.15) is 39.5 Å². The maximum absolute atomic E-state index is 15.2. The number of carbonyl (C=O) groups is 1. The molecular weight excluding hydrogens is 612 g/mol. The molecule has 4 nitrogen and oxygen atoms in total. The minimum atomic E-state index is -5.21. The molecule has 0 saturated carbocycles. The molecule has 2 atom stereocenters. The molecule has 1 fully saturated rings. The first-order valence-corrected chi connectivity index (χ1v) is 12.9. The molecule has 0 N–H and O–H groups in total. The topological polar surface area (TPSA) is 38.8 Å². The Balaban J connectivity index is 1.87. The smallest absolute Gasteiger partial charge is 0.416 e. The lowest BCUT2D eigenvalue weighted by atomic mass is 9.88. The fraction of sp³-hybridized carbons (Fsp3) is 0.367. The summed E-state index contributed by atoms with van der Waals surface area (Å²) < 4.78 is 171. The first-order chi connectivity index (χ1) is 21.4. The molecule has 44 heavy (non-hydrogen) atoms. The van der Waals surface area contributed by atoms with Crippen LogP contribution in [0.3, 0.4) is 0 Å². The van der Waals surface area contributed by atoms with Gasteiger partial charge in [0.2, 0.25) is 0 Å². The van der Waals surface area contributed by atoms with Crippen molar-refractivity contribution in [3.8, 4) is 16.9 Å². The van der Waals surface area contributed by atoms with Crippen LogP contribution < -0.4 is 4.74 Å². The van der Waals surface area contributed by atoms with Gasteiger partial charge in [-0.15, -0.1) is 0 Å². The van der Waals surface area contributed by atoms with E-state index in [2.05, 4.69) is 0 Å². The minimum absolute atomic E-state index is 0.109. The van der Waals surface area contributed by atoms with Crippen molar-refractivity contribution in [2.75, 3.05) is 7.04 Å². The Bertz CT molecular complexity index is 1630. The Labute approximate surface area is 249 Å². The minimum Gasteiger partial charge on any atom is -0.496 e. The summed E-state index contributed by atoms with van der Waals surface area (Å²) in [5.74, 6) is -1.95. The van der Waals surface area contributed by atoms with Crippen molar-refractivity contribution in [2.45, 2.75) is 63.9 Å². The third-order valence-corrected chi connectivity index (χ3v) is 7.21. The summed E-state index contributed by atoms with van der Waals surface area (Å²) in [6.07, 6.45) is -18.3. The maximum Gasteiger partial charge on any atom is 0.416 e. The maximum atomic E-state index is 15.2. The number of ether oxygens (including phenoxy) is 2. The van der Waals surface area contributed by atoms with Gasteiger partial charge in [-0.3, -0.25) is 4.90 Å². The van der Waals surface area contributed by atoms with Gasteiger partial charge in [-0.1, -0.05) is 19.9 Å². The highest BCUT2D eigenvalue weighted by Gasteiger charge is 2.44. The van der Waals surface area contributed by atoms with Crippen LogP contribution in [0, 0.1) is 5.82 Å². The molecule has 0 aromatic heterocycles. The van der Waals surface area contributed by atoms with Crippen molar-refractivity contribution < 1.29 is 62.3 Å². The standard InChI is InChI=1S/C30H25F10NO3/c1-14(2)24-22(31)7-8-23(43-4)25(24)21-6-5-18(28(32,33)34)11-17(21)13-41-15(3)26(44-27(41)42)16-9-19(29(35,36)37)12-20(10-16)30(38,39)40/h5-12,14-15,26H,13H2,1-4H3/t15-,26-/m0/s1/i4D3. The van der Waals surface area contributed by atoms with Crippen LogP contribution in [0.5, 0.6) is 5.75 Å². The largest absolute Gasteiger partial charge is 0.496 e. The lowest BCUT2D eigenvalue weighted by Gasteiger charge is -2.25. The zero-order valence-corrected chi connectivity index (χ0v) is 23.0. The SMILES string of the molecule is [2H]C([2H])([2H])Oc1ccc(F)c(C(C)C)c1-c1ccc(C(F)(F)F)cc1CN1C(=O)O[C@H](c2cc(C(F)(F)F)cc(C(F)(F)F)c2)[C@@H]1C. The Morgan fingerprint density at radius 3 is 2.00 bits per heavy atom. The predicted molar refractivity (Wildman–Crippen MR) is 138 cm³/mol. The molecule has 238 valence electrons. The van der Waals surface area contributed by atoms with Crippen LogP contribution in [0.4, 0.5) is 48.7 Å². The fourth-order valence-corrected chi connectivity index (χ4v) is 5.13. The molecule has 0 spiro atoms. The first-order valence-electron chi connectivity index (χ1n) is 14.4. The van der Waals surface area contributed by atoms with E-state index in [1.165, 1.54) is 20.8 Å². The van der Waals surface area contributed by atoms with Gasteiger partial charge < -0.3 is 9.47 Å². The van der Waals surface area contributed by atoms with E-state index in [0.29, 0.717) is 24.3 Å². The van der Waals surface area contributed by atoms with E-state index in [0.717, 1.165) is 23.1 Å². The predicted octanol–water partition coefficient (Wildman–Crippen LogP) is 9.76. The number of rotatable bonds is 6. The highest BCUT2D eigenvalue weighted by atomic mass is 19.4. The Kier molecular flexibility index (Phi) is 7.53. The molecule has 3 aromatic rings. The van der Waals surface area contributed by atoms with E-state index in [1.54, 1.807) is 0 Å². The van der Waals surface area contributed by atoms with E-state index in [4.69, 9.17) is 13.6 Å². The quantitative estimate of drug-likeness (QED) is 0.252. The zero-order valence-electron chi connectivity index (χ0n) is 26.0. The molecule has 3 aromatic carbocycles. The van der Waals surface area contributed by atoms with Crippen molar-refractivity contribution in [3.05, 3.63) is 87.7 Å². The first kappa shape index (κ1) is 28.8. The van der Waals surface area contributed by atoms with E-state index >= 15 is 4.39 Å². The van der Waals surface area contributed by atoms with Gasteiger partial charge in [-0.05, 0) is 72.0 Å². The molecule has 0 unspecified atom stereocenters. The summed E-state index contributed by atoms with van der Waals surface area (Å²) in [6.45, 7) is 3.50. The molecule has 0 aliphatic carbocycles. The van der Waals surface area contributed by atoms with Crippen LogP contribution in [0.2, 0.25) is 0 Å². The highest BCUT2D eigenvalue weighted by Crippen LogP contribution is 2.45. The van der Waals surface area contributed by atoms with Crippen LogP contribution in [-0.4, -0.2) is 24.1 Å². The number of alkyl halides is 9. The fourth-order valence-electron chi connectivity index (χ4n) is 5.13. The third-order valence-electron chi connectivity index (χ3n) is 7.21. The molecule has 1 heterocycles. The van der Waals surface area contributed by atoms with Gasteiger partial charge in [0.05, 0.1) is 40.4 Å². The molecule has 1 aliphatic rings. The molecular formula is C30H25F10NO3. The van der Waals surface area contributed by atoms with Gasteiger partial charge in [0.25, 0.3) is 0 Å². The van der Waals surface area contributed by atoms with E-state index < -0.39 is 90.1 Å². The molecule has 1 amide bonds. The molecule has 0 bridgehead atoms. The molecule has 0 radical (unpaired) electrons. The number of halogens is 10. The van der Waals surface area contributed by atoms with Crippen molar-refractivity contribution in [3.63, 3.8) is 0 Å². The Morgan fingerprint density at radius 2 is 1.48 bits per heavy atom. The summed E-state index contributed by atoms with van der Waals surface area (Å²) in [6, 6.07) is 3.39. The molecule has 4 rings (SSSR count). The number of hydrogen-bond acceptors (Lipinski definition) is 3. The van der Waals surface area contributed by atoms with Crippen LogP contribution in [-0.2, 0) is 29.8 Å². The monoisotopic (exact) mass is 640 g/mol. The Hall–Kier alpha value is -3.97. The normalized spacial score (nSPS) is 19.1. The summed E-state index contributed by atoms with van der Waals surface area (Å²) in [5, 5.41) is 0. The van der Waals surface area contributed by atoms with Crippen molar-refractivity contribution in [1.29, 1.82) is 0 Å². The summed E-state index contributed by atoms with van der Waals surface area (Å²) in [5.41, 5.74) is -6.09. The number of methoxy groups -OCH3 is 1. The van der Waals surface area contributed by atoms with Crippen molar-refractivity contribution >= 4 is 6.09 Å². The number of amides is 1. The number of hydrogen-bond donors (Lipinski definition) is 0. The highest BCUT2D eigenvalue weighted by molar-refractivity contribution is 5.79.